The Kier molecular flexibility index (Phi) is 4.01. The average Bonchev–Trinajstić information content (AvgIpc) is 3.22. The fourth-order valence-corrected chi connectivity index (χ4v) is 3.17. The van der Waals surface area contributed by atoms with Gasteiger partial charge in [0, 0.05) is 29.2 Å². The van der Waals surface area contributed by atoms with Gasteiger partial charge in [-0.15, -0.1) is 0 Å². The molecule has 2 heterocycles. The predicted octanol–water partition coefficient (Wildman–Crippen LogP) is 4.22. The minimum atomic E-state index is -0.113. The molecule has 0 aliphatic carbocycles. The van der Waals surface area contributed by atoms with Crippen LogP contribution >= 0.6 is 11.6 Å². The Morgan fingerprint density at radius 2 is 2.00 bits per heavy atom. The molecule has 126 valence electrons. The maximum absolute atomic E-state index is 12.4. The zero-order valence-corrected chi connectivity index (χ0v) is 14.4. The molecule has 1 fully saturated rings. The maximum atomic E-state index is 12.4. The third-order valence-corrected chi connectivity index (χ3v) is 4.58. The van der Waals surface area contributed by atoms with Crippen LogP contribution in [0.4, 0.5) is 5.69 Å². The van der Waals surface area contributed by atoms with E-state index >= 15 is 0 Å². The van der Waals surface area contributed by atoms with Crippen LogP contribution in [0.15, 0.2) is 53.1 Å². The first kappa shape index (κ1) is 15.8. The summed E-state index contributed by atoms with van der Waals surface area (Å²) >= 11 is 6.03. The first-order valence-corrected chi connectivity index (χ1v) is 8.44. The monoisotopic (exact) mass is 353 g/mol. The summed E-state index contributed by atoms with van der Waals surface area (Å²) in [5.74, 6) is 0.956. The molecule has 3 aromatic rings. The Morgan fingerprint density at radius 1 is 1.20 bits per heavy atom. The molecule has 0 spiro atoms. The number of nitrogens with zero attached hydrogens (tertiary/aromatic N) is 3. The van der Waals surface area contributed by atoms with Crippen LogP contribution in [0, 0.1) is 6.92 Å². The van der Waals surface area contributed by atoms with Crippen LogP contribution in [0.1, 0.15) is 23.8 Å². The lowest BCUT2D eigenvalue weighted by atomic mass is 10.1. The van der Waals surface area contributed by atoms with E-state index in [-0.39, 0.29) is 11.8 Å². The van der Waals surface area contributed by atoms with Crippen LogP contribution in [0.5, 0.6) is 0 Å². The number of hydrogen-bond acceptors (Lipinski definition) is 4. The molecule has 0 radical (unpaired) electrons. The number of rotatable bonds is 3. The number of carbonyl (C=O) groups is 1. The molecule has 1 aliphatic rings. The third-order valence-electron chi connectivity index (χ3n) is 4.35. The summed E-state index contributed by atoms with van der Waals surface area (Å²) in [7, 11) is 0. The summed E-state index contributed by atoms with van der Waals surface area (Å²) in [5.41, 5.74) is 2.86. The summed E-state index contributed by atoms with van der Waals surface area (Å²) < 4.78 is 5.42. The van der Waals surface area contributed by atoms with Crippen molar-refractivity contribution >= 4 is 23.2 Å². The van der Waals surface area contributed by atoms with Gasteiger partial charge < -0.3 is 9.42 Å². The van der Waals surface area contributed by atoms with Gasteiger partial charge in [-0.3, -0.25) is 4.79 Å². The Hall–Kier alpha value is -2.66. The number of hydrogen-bond donors (Lipinski definition) is 0. The molecule has 0 N–H and O–H groups in total. The van der Waals surface area contributed by atoms with E-state index in [1.807, 2.05) is 43.3 Å². The second-order valence-corrected chi connectivity index (χ2v) is 6.64. The quantitative estimate of drug-likeness (QED) is 0.707. The van der Waals surface area contributed by atoms with Gasteiger partial charge in [0.2, 0.25) is 17.6 Å². The molecule has 1 atom stereocenters. The number of anilines is 1. The van der Waals surface area contributed by atoms with E-state index in [0.29, 0.717) is 29.7 Å². The van der Waals surface area contributed by atoms with Crippen molar-refractivity contribution in [3.63, 3.8) is 0 Å². The average molecular weight is 354 g/mol. The van der Waals surface area contributed by atoms with Gasteiger partial charge in [-0.2, -0.15) is 4.98 Å². The van der Waals surface area contributed by atoms with E-state index in [0.717, 1.165) is 11.3 Å². The van der Waals surface area contributed by atoms with Crippen LogP contribution in [0.2, 0.25) is 5.02 Å². The van der Waals surface area contributed by atoms with Gasteiger partial charge in [-0.25, -0.2) is 0 Å². The predicted molar refractivity (Wildman–Crippen MR) is 95.6 cm³/mol. The number of aryl methyl sites for hydroxylation is 1. The lowest BCUT2D eigenvalue weighted by Gasteiger charge is -2.16. The van der Waals surface area contributed by atoms with E-state index in [1.165, 1.54) is 5.56 Å². The molecular weight excluding hydrogens is 338 g/mol. The van der Waals surface area contributed by atoms with Crippen molar-refractivity contribution in [1.29, 1.82) is 0 Å². The molecule has 1 amide bonds. The fourth-order valence-electron chi connectivity index (χ4n) is 2.99. The minimum absolute atomic E-state index is 0.0300. The molecule has 6 heteroatoms. The normalized spacial score (nSPS) is 17.3. The SMILES string of the molecule is Cc1ccc(-c2noc([C@@H]3CC(=O)N(c4cccc(Cl)c4)C3)n2)cc1. The van der Waals surface area contributed by atoms with Gasteiger partial charge in [0.15, 0.2) is 0 Å². The summed E-state index contributed by atoms with van der Waals surface area (Å²) in [6, 6.07) is 15.2. The minimum Gasteiger partial charge on any atom is -0.339 e. The highest BCUT2D eigenvalue weighted by atomic mass is 35.5. The number of amides is 1. The molecule has 0 unspecified atom stereocenters. The smallest absolute Gasteiger partial charge is 0.232 e. The first-order chi connectivity index (χ1) is 12.1. The second kappa shape index (κ2) is 6.33. The van der Waals surface area contributed by atoms with Gasteiger partial charge in [0.05, 0.1) is 5.92 Å². The van der Waals surface area contributed by atoms with Gasteiger partial charge in [0.1, 0.15) is 0 Å². The molecule has 0 bridgehead atoms. The molecule has 5 nitrogen and oxygen atoms in total. The number of aromatic nitrogens is 2. The summed E-state index contributed by atoms with van der Waals surface area (Å²) in [6.07, 6.45) is 0.349. The molecule has 25 heavy (non-hydrogen) atoms. The van der Waals surface area contributed by atoms with Crippen molar-refractivity contribution in [1.82, 2.24) is 10.1 Å². The standard InChI is InChI=1S/C19H16ClN3O2/c1-12-5-7-13(8-6-12)18-21-19(25-22-18)14-9-17(24)23(11-14)16-4-2-3-15(20)10-16/h2-8,10,14H,9,11H2,1H3/t14-/m1/s1. The highest BCUT2D eigenvalue weighted by molar-refractivity contribution is 6.30. The molecule has 1 saturated heterocycles. The van der Waals surface area contributed by atoms with Crippen LogP contribution in [0.3, 0.4) is 0 Å². The highest BCUT2D eigenvalue weighted by Gasteiger charge is 2.35. The van der Waals surface area contributed by atoms with Gasteiger partial charge >= 0.3 is 0 Å². The molecule has 4 rings (SSSR count). The van der Waals surface area contributed by atoms with Gasteiger partial charge in [0.25, 0.3) is 0 Å². The van der Waals surface area contributed by atoms with E-state index in [2.05, 4.69) is 10.1 Å². The highest BCUT2D eigenvalue weighted by Crippen LogP contribution is 2.32. The van der Waals surface area contributed by atoms with Crippen molar-refractivity contribution in [2.45, 2.75) is 19.3 Å². The van der Waals surface area contributed by atoms with Crippen LogP contribution in [-0.4, -0.2) is 22.6 Å². The van der Waals surface area contributed by atoms with Crippen molar-refractivity contribution in [3.05, 3.63) is 65.0 Å². The van der Waals surface area contributed by atoms with Crippen molar-refractivity contribution in [2.75, 3.05) is 11.4 Å². The lowest BCUT2D eigenvalue weighted by molar-refractivity contribution is -0.117. The van der Waals surface area contributed by atoms with Crippen molar-refractivity contribution in [3.8, 4) is 11.4 Å². The maximum Gasteiger partial charge on any atom is 0.232 e. The summed E-state index contributed by atoms with van der Waals surface area (Å²) in [6.45, 7) is 2.54. The summed E-state index contributed by atoms with van der Waals surface area (Å²) in [4.78, 5) is 18.6. The zero-order chi connectivity index (χ0) is 17.4. The topological polar surface area (TPSA) is 59.2 Å². The number of halogens is 1. The van der Waals surface area contributed by atoms with E-state index in [4.69, 9.17) is 16.1 Å². The van der Waals surface area contributed by atoms with Crippen LogP contribution in [-0.2, 0) is 4.79 Å². The number of benzene rings is 2. The lowest BCUT2D eigenvalue weighted by Crippen LogP contribution is -2.24. The Balaban J connectivity index is 1.55. The van der Waals surface area contributed by atoms with E-state index < -0.39 is 0 Å². The first-order valence-electron chi connectivity index (χ1n) is 8.07. The summed E-state index contributed by atoms with van der Waals surface area (Å²) in [5, 5.41) is 4.67. The van der Waals surface area contributed by atoms with Gasteiger partial charge in [-0.05, 0) is 25.1 Å². The van der Waals surface area contributed by atoms with Crippen LogP contribution < -0.4 is 4.90 Å². The number of carbonyl (C=O) groups excluding carboxylic acids is 1. The Bertz CT molecular complexity index is 920. The molecule has 1 aliphatic heterocycles. The Morgan fingerprint density at radius 3 is 2.76 bits per heavy atom. The third kappa shape index (κ3) is 3.15. The molecule has 0 saturated carbocycles. The largest absolute Gasteiger partial charge is 0.339 e. The van der Waals surface area contributed by atoms with E-state index in [1.54, 1.807) is 17.0 Å². The van der Waals surface area contributed by atoms with Crippen molar-refractivity contribution in [2.24, 2.45) is 0 Å². The second-order valence-electron chi connectivity index (χ2n) is 6.21. The van der Waals surface area contributed by atoms with Gasteiger partial charge in [-0.1, -0.05) is 52.7 Å². The van der Waals surface area contributed by atoms with E-state index in [9.17, 15) is 4.79 Å². The van der Waals surface area contributed by atoms with Crippen molar-refractivity contribution < 1.29 is 9.32 Å². The van der Waals surface area contributed by atoms with Crippen LogP contribution in [0.25, 0.3) is 11.4 Å². The molecule has 2 aromatic carbocycles. The molecular formula is C19H16ClN3O2. The molecule has 1 aromatic heterocycles. The fraction of sp³-hybridized carbons (Fsp3) is 0.211. The zero-order valence-electron chi connectivity index (χ0n) is 13.6. The Labute approximate surface area is 150 Å².